The van der Waals surface area contributed by atoms with Crippen molar-refractivity contribution in [2.24, 2.45) is 0 Å². The summed E-state index contributed by atoms with van der Waals surface area (Å²) in [6, 6.07) is 9.27. The van der Waals surface area contributed by atoms with Gasteiger partial charge in [-0.2, -0.15) is 4.98 Å². The van der Waals surface area contributed by atoms with Gasteiger partial charge >= 0.3 is 6.03 Å². The Balaban J connectivity index is 1.89. The molecule has 1 unspecified atom stereocenters. The average molecular weight is 445 g/mol. The highest BCUT2D eigenvalue weighted by Crippen LogP contribution is 2.25. The van der Waals surface area contributed by atoms with Gasteiger partial charge in [-0.05, 0) is 43.3 Å². The van der Waals surface area contributed by atoms with Crippen LogP contribution in [0, 0.1) is 17.5 Å². The van der Waals surface area contributed by atoms with E-state index in [1.165, 1.54) is 42.6 Å². The summed E-state index contributed by atoms with van der Waals surface area (Å²) in [4.78, 5) is 22.7. The van der Waals surface area contributed by atoms with E-state index in [-0.39, 0.29) is 23.4 Å². The lowest BCUT2D eigenvalue weighted by Gasteiger charge is -2.23. The summed E-state index contributed by atoms with van der Waals surface area (Å²) in [7, 11) is 1.56. The summed E-state index contributed by atoms with van der Waals surface area (Å²) >= 11 is 0. The van der Waals surface area contributed by atoms with Crippen LogP contribution in [-0.4, -0.2) is 35.8 Å². The normalized spacial score (nSPS) is 11.7. The molecular weight excluding hydrogens is 423 g/mol. The van der Waals surface area contributed by atoms with E-state index >= 15 is 0 Å². The Kier molecular flexibility index (Phi) is 7.61. The van der Waals surface area contributed by atoms with Crippen molar-refractivity contribution in [3.8, 4) is 0 Å². The smallest absolute Gasteiger partial charge is 0.327 e. The van der Waals surface area contributed by atoms with Crippen LogP contribution in [0.1, 0.15) is 12.5 Å². The summed E-state index contributed by atoms with van der Waals surface area (Å²) in [5.74, 6) is -1.63. The number of ether oxygens (including phenoxy) is 1. The van der Waals surface area contributed by atoms with Crippen molar-refractivity contribution in [3.05, 3.63) is 77.7 Å². The molecule has 0 aliphatic heterocycles. The predicted octanol–water partition coefficient (Wildman–Crippen LogP) is 4.39. The molecule has 0 saturated carbocycles. The zero-order valence-electron chi connectivity index (χ0n) is 17.5. The van der Waals surface area contributed by atoms with E-state index in [0.29, 0.717) is 12.3 Å². The number of amides is 2. The molecule has 1 heterocycles. The fourth-order valence-corrected chi connectivity index (χ4v) is 2.94. The number of benzene rings is 2. The van der Waals surface area contributed by atoms with Gasteiger partial charge in [-0.25, -0.2) is 27.8 Å². The van der Waals surface area contributed by atoms with Gasteiger partial charge in [0.05, 0.1) is 18.8 Å². The number of anilines is 3. The van der Waals surface area contributed by atoms with E-state index < -0.39 is 30.0 Å². The molecule has 32 heavy (non-hydrogen) atoms. The first kappa shape index (κ1) is 23.0. The third-order valence-corrected chi connectivity index (χ3v) is 4.43. The Morgan fingerprint density at radius 1 is 1.09 bits per heavy atom. The Morgan fingerprint density at radius 2 is 1.78 bits per heavy atom. The molecule has 0 aliphatic rings. The lowest BCUT2D eigenvalue weighted by atomic mass is 10.2. The van der Waals surface area contributed by atoms with Crippen molar-refractivity contribution in [2.45, 2.75) is 19.5 Å². The lowest BCUT2D eigenvalue weighted by Crippen LogP contribution is -2.37. The molecule has 3 rings (SSSR count). The van der Waals surface area contributed by atoms with Crippen molar-refractivity contribution in [2.75, 3.05) is 23.9 Å². The van der Waals surface area contributed by atoms with Gasteiger partial charge in [-0.3, -0.25) is 0 Å². The van der Waals surface area contributed by atoms with Gasteiger partial charge in [0.15, 0.2) is 0 Å². The Bertz CT molecular complexity index is 1050. The number of halogens is 3. The molecule has 168 valence electrons. The number of aromatic nitrogens is 2. The van der Waals surface area contributed by atoms with E-state index in [1.807, 2.05) is 6.92 Å². The van der Waals surface area contributed by atoms with Crippen molar-refractivity contribution in [3.63, 3.8) is 0 Å². The summed E-state index contributed by atoms with van der Waals surface area (Å²) in [5, 5.41) is 5.53. The maximum Gasteiger partial charge on any atom is 0.327 e. The number of hydrogen-bond acceptors (Lipinski definition) is 5. The quantitative estimate of drug-likeness (QED) is 0.538. The van der Waals surface area contributed by atoms with E-state index in [4.69, 9.17) is 4.74 Å². The minimum atomic E-state index is -0.778. The Morgan fingerprint density at radius 3 is 2.44 bits per heavy atom. The highest BCUT2D eigenvalue weighted by atomic mass is 19.1. The lowest BCUT2D eigenvalue weighted by molar-refractivity contribution is 0.190. The molecule has 10 heteroatoms. The first-order valence-corrected chi connectivity index (χ1v) is 9.74. The average Bonchev–Trinajstić information content (AvgIpc) is 2.75. The molecule has 0 saturated heterocycles. The number of nitrogens with zero attached hydrogens (tertiary/aromatic N) is 3. The molecule has 1 atom stereocenters. The molecule has 0 radical (unpaired) electrons. The second-order valence-electron chi connectivity index (χ2n) is 6.91. The van der Waals surface area contributed by atoms with Crippen LogP contribution in [-0.2, 0) is 11.3 Å². The molecule has 3 aromatic rings. The molecule has 2 N–H and O–H groups in total. The molecule has 0 spiro atoms. The van der Waals surface area contributed by atoms with Crippen LogP contribution < -0.4 is 15.5 Å². The highest BCUT2D eigenvalue weighted by Gasteiger charge is 2.21. The molecule has 0 aliphatic carbocycles. The van der Waals surface area contributed by atoms with Gasteiger partial charge in [0.2, 0.25) is 5.95 Å². The van der Waals surface area contributed by atoms with Crippen molar-refractivity contribution in [1.29, 1.82) is 0 Å². The third kappa shape index (κ3) is 5.73. The fourth-order valence-electron chi connectivity index (χ4n) is 2.94. The fraction of sp³-hybridized carbons (Fsp3) is 0.227. The summed E-state index contributed by atoms with van der Waals surface area (Å²) in [6.45, 7) is 1.88. The maximum absolute atomic E-state index is 13.9. The molecular formula is C22H22F3N5O2. The predicted molar refractivity (Wildman–Crippen MR) is 114 cm³/mol. The highest BCUT2D eigenvalue weighted by molar-refractivity contribution is 5.98. The van der Waals surface area contributed by atoms with Crippen LogP contribution in [0.3, 0.4) is 0 Å². The minimum absolute atomic E-state index is 0.104. The van der Waals surface area contributed by atoms with Crippen molar-refractivity contribution >= 4 is 23.5 Å². The number of carbonyl (C=O) groups is 1. The van der Waals surface area contributed by atoms with Crippen LogP contribution in [0.15, 0.2) is 54.7 Å². The zero-order chi connectivity index (χ0) is 23.1. The standard InChI is InChI=1S/C22H22F3N5O2/c1-14(13-32-2)28-21-26-11-10-20(29-21)30(16-8-6-15(23)7-9-16)22(31)27-12-17-18(24)4-3-5-19(17)25/h3-11,14H,12-13H2,1-2H3,(H,27,31)(H,26,28,29). The second kappa shape index (κ2) is 10.6. The van der Waals surface area contributed by atoms with Crippen LogP contribution >= 0.6 is 0 Å². The first-order chi connectivity index (χ1) is 15.4. The van der Waals surface area contributed by atoms with Crippen LogP contribution in [0.5, 0.6) is 0 Å². The molecule has 7 nitrogen and oxygen atoms in total. The van der Waals surface area contributed by atoms with E-state index in [2.05, 4.69) is 20.6 Å². The molecule has 1 aromatic heterocycles. The van der Waals surface area contributed by atoms with E-state index in [9.17, 15) is 18.0 Å². The monoisotopic (exact) mass is 445 g/mol. The van der Waals surface area contributed by atoms with Crippen molar-refractivity contribution in [1.82, 2.24) is 15.3 Å². The van der Waals surface area contributed by atoms with E-state index in [1.54, 1.807) is 7.11 Å². The number of rotatable bonds is 8. The SMILES string of the molecule is COCC(C)Nc1nccc(N(C(=O)NCc2c(F)cccc2F)c2ccc(F)cc2)n1. The van der Waals surface area contributed by atoms with Crippen LogP contribution in [0.25, 0.3) is 0 Å². The molecule has 0 bridgehead atoms. The third-order valence-electron chi connectivity index (χ3n) is 4.43. The molecule has 2 aromatic carbocycles. The molecule has 0 fully saturated rings. The number of urea groups is 1. The van der Waals surface area contributed by atoms with Gasteiger partial charge in [-0.15, -0.1) is 0 Å². The van der Waals surface area contributed by atoms with Crippen molar-refractivity contribution < 1.29 is 22.7 Å². The van der Waals surface area contributed by atoms with Gasteiger partial charge < -0.3 is 15.4 Å². The maximum atomic E-state index is 13.9. The van der Waals surface area contributed by atoms with Crippen LogP contribution in [0.4, 0.5) is 35.4 Å². The summed E-state index contributed by atoms with van der Waals surface area (Å²) < 4.78 is 46.4. The minimum Gasteiger partial charge on any atom is -0.383 e. The second-order valence-corrected chi connectivity index (χ2v) is 6.91. The largest absolute Gasteiger partial charge is 0.383 e. The van der Waals surface area contributed by atoms with E-state index in [0.717, 1.165) is 17.0 Å². The topological polar surface area (TPSA) is 79.4 Å². The van der Waals surface area contributed by atoms with Gasteiger partial charge in [-0.1, -0.05) is 6.07 Å². The first-order valence-electron chi connectivity index (χ1n) is 9.74. The number of carbonyl (C=O) groups excluding carboxylic acids is 1. The number of hydrogen-bond donors (Lipinski definition) is 2. The van der Waals surface area contributed by atoms with Gasteiger partial charge in [0.1, 0.15) is 23.3 Å². The zero-order valence-corrected chi connectivity index (χ0v) is 17.5. The Labute approximate surface area is 183 Å². The summed E-state index contributed by atoms with van der Waals surface area (Å²) in [6.07, 6.45) is 1.45. The number of nitrogens with one attached hydrogen (secondary N) is 2. The van der Waals surface area contributed by atoms with Gasteiger partial charge in [0, 0.05) is 31.0 Å². The van der Waals surface area contributed by atoms with Gasteiger partial charge in [0.25, 0.3) is 0 Å². The van der Waals surface area contributed by atoms with Crippen LogP contribution in [0.2, 0.25) is 0 Å². The Hall–Kier alpha value is -3.66. The number of methoxy groups -OCH3 is 1. The summed E-state index contributed by atoms with van der Waals surface area (Å²) in [5.41, 5.74) is 0.0193. The molecule has 2 amide bonds.